The fraction of sp³-hybridized carbons (Fsp3) is 1.00. The molecule has 0 radical (unpaired) electrons. The number of hydrogen-bond donors (Lipinski definition) is 1. The van der Waals surface area contributed by atoms with Crippen LogP contribution in [0.2, 0.25) is 0 Å². The fourth-order valence-corrected chi connectivity index (χ4v) is 3.57. The van der Waals surface area contributed by atoms with Gasteiger partial charge in [0, 0.05) is 12.3 Å². The molecular formula is C9H17NS. The fourth-order valence-electron chi connectivity index (χ4n) is 2.20. The first-order valence-electron chi connectivity index (χ1n) is 4.70. The summed E-state index contributed by atoms with van der Waals surface area (Å²) in [5.41, 5.74) is 0.709. The van der Waals surface area contributed by atoms with E-state index in [1.807, 2.05) is 0 Å². The SMILES string of the molecule is C1CCC2(CCNC2)CSC1. The minimum Gasteiger partial charge on any atom is -0.316 e. The van der Waals surface area contributed by atoms with Gasteiger partial charge in [-0.15, -0.1) is 0 Å². The largest absolute Gasteiger partial charge is 0.316 e. The van der Waals surface area contributed by atoms with E-state index in [1.165, 1.54) is 50.3 Å². The molecule has 0 saturated carbocycles. The molecule has 2 rings (SSSR count). The van der Waals surface area contributed by atoms with Crippen molar-refractivity contribution < 1.29 is 0 Å². The number of rotatable bonds is 0. The van der Waals surface area contributed by atoms with Gasteiger partial charge in [0.05, 0.1) is 0 Å². The zero-order valence-electron chi connectivity index (χ0n) is 7.07. The third kappa shape index (κ3) is 1.73. The predicted octanol–water partition coefficient (Wildman–Crippen LogP) is 1.88. The summed E-state index contributed by atoms with van der Waals surface area (Å²) in [6.45, 7) is 2.56. The molecule has 1 N–H and O–H groups in total. The summed E-state index contributed by atoms with van der Waals surface area (Å²) >= 11 is 2.17. The van der Waals surface area contributed by atoms with Crippen LogP contribution in [0.15, 0.2) is 0 Å². The van der Waals surface area contributed by atoms with Crippen LogP contribution in [-0.4, -0.2) is 24.6 Å². The van der Waals surface area contributed by atoms with Gasteiger partial charge in [-0.05, 0) is 37.0 Å². The van der Waals surface area contributed by atoms with Crippen molar-refractivity contribution in [3.8, 4) is 0 Å². The van der Waals surface area contributed by atoms with E-state index in [0.29, 0.717) is 5.41 Å². The summed E-state index contributed by atoms with van der Waals surface area (Å²) in [6.07, 6.45) is 5.83. The lowest BCUT2D eigenvalue weighted by Gasteiger charge is -2.25. The van der Waals surface area contributed by atoms with Gasteiger partial charge in [-0.25, -0.2) is 0 Å². The molecule has 0 aromatic carbocycles. The Morgan fingerprint density at radius 1 is 1.18 bits per heavy atom. The highest BCUT2D eigenvalue weighted by atomic mass is 32.2. The summed E-state index contributed by atoms with van der Waals surface area (Å²) in [7, 11) is 0. The van der Waals surface area contributed by atoms with Crippen molar-refractivity contribution in [2.24, 2.45) is 5.41 Å². The van der Waals surface area contributed by atoms with Gasteiger partial charge in [-0.1, -0.05) is 6.42 Å². The van der Waals surface area contributed by atoms with E-state index in [9.17, 15) is 0 Å². The van der Waals surface area contributed by atoms with Gasteiger partial charge in [0.25, 0.3) is 0 Å². The Morgan fingerprint density at radius 3 is 3.00 bits per heavy atom. The molecule has 0 aliphatic carbocycles. The van der Waals surface area contributed by atoms with Crippen molar-refractivity contribution >= 4 is 11.8 Å². The van der Waals surface area contributed by atoms with Gasteiger partial charge in [0.1, 0.15) is 0 Å². The lowest BCUT2D eigenvalue weighted by molar-refractivity contribution is 0.337. The van der Waals surface area contributed by atoms with Crippen LogP contribution in [0.3, 0.4) is 0 Å². The van der Waals surface area contributed by atoms with Crippen molar-refractivity contribution in [2.75, 3.05) is 24.6 Å². The quantitative estimate of drug-likeness (QED) is 0.597. The smallest absolute Gasteiger partial charge is 0.00162 e. The van der Waals surface area contributed by atoms with Crippen LogP contribution < -0.4 is 5.32 Å². The maximum atomic E-state index is 3.50. The first kappa shape index (κ1) is 7.93. The molecule has 2 aliphatic rings. The highest BCUT2D eigenvalue weighted by Crippen LogP contribution is 2.37. The molecule has 0 amide bonds. The van der Waals surface area contributed by atoms with Crippen LogP contribution in [0.4, 0.5) is 0 Å². The van der Waals surface area contributed by atoms with Gasteiger partial charge in [0.2, 0.25) is 0 Å². The minimum atomic E-state index is 0.709. The maximum Gasteiger partial charge on any atom is 0.00162 e. The van der Waals surface area contributed by atoms with E-state index in [0.717, 1.165) is 0 Å². The van der Waals surface area contributed by atoms with Crippen LogP contribution in [-0.2, 0) is 0 Å². The number of hydrogen-bond acceptors (Lipinski definition) is 2. The van der Waals surface area contributed by atoms with E-state index in [2.05, 4.69) is 17.1 Å². The third-order valence-corrected chi connectivity index (χ3v) is 4.38. The van der Waals surface area contributed by atoms with Crippen molar-refractivity contribution in [3.63, 3.8) is 0 Å². The molecule has 0 aromatic heterocycles. The lowest BCUT2D eigenvalue weighted by Crippen LogP contribution is -2.25. The van der Waals surface area contributed by atoms with Crippen molar-refractivity contribution in [1.29, 1.82) is 0 Å². The van der Waals surface area contributed by atoms with Crippen LogP contribution in [0, 0.1) is 5.41 Å². The number of thioether (sulfide) groups is 1. The second kappa shape index (κ2) is 3.36. The van der Waals surface area contributed by atoms with Gasteiger partial charge in [-0.3, -0.25) is 0 Å². The summed E-state index contributed by atoms with van der Waals surface area (Å²) in [6, 6.07) is 0. The Hall–Kier alpha value is 0.310. The average molecular weight is 171 g/mol. The normalized spacial score (nSPS) is 39.3. The van der Waals surface area contributed by atoms with E-state index in [1.54, 1.807) is 0 Å². The van der Waals surface area contributed by atoms with Gasteiger partial charge in [0.15, 0.2) is 0 Å². The molecule has 2 aliphatic heterocycles. The van der Waals surface area contributed by atoms with Gasteiger partial charge >= 0.3 is 0 Å². The van der Waals surface area contributed by atoms with E-state index in [-0.39, 0.29) is 0 Å². The van der Waals surface area contributed by atoms with Gasteiger partial charge < -0.3 is 5.32 Å². The first-order valence-corrected chi connectivity index (χ1v) is 5.85. The molecule has 2 fully saturated rings. The minimum absolute atomic E-state index is 0.709. The topological polar surface area (TPSA) is 12.0 Å². The molecule has 2 saturated heterocycles. The Morgan fingerprint density at radius 2 is 2.18 bits per heavy atom. The Kier molecular flexibility index (Phi) is 2.42. The summed E-state index contributed by atoms with van der Waals surface area (Å²) in [4.78, 5) is 0. The van der Waals surface area contributed by atoms with Crippen molar-refractivity contribution in [3.05, 3.63) is 0 Å². The summed E-state index contributed by atoms with van der Waals surface area (Å²) in [5.74, 6) is 2.82. The first-order chi connectivity index (χ1) is 5.41. The molecule has 1 atom stereocenters. The lowest BCUT2D eigenvalue weighted by atomic mass is 9.84. The van der Waals surface area contributed by atoms with Crippen LogP contribution in [0.25, 0.3) is 0 Å². The molecular weight excluding hydrogens is 154 g/mol. The molecule has 1 unspecified atom stereocenters. The van der Waals surface area contributed by atoms with Crippen LogP contribution >= 0.6 is 11.8 Å². The summed E-state index contributed by atoms with van der Waals surface area (Å²) < 4.78 is 0. The second-order valence-electron chi connectivity index (χ2n) is 3.94. The highest BCUT2D eigenvalue weighted by molar-refractivity contribution is 7.99. The average Bonchev–Trinajstić information content (AvgIpc) is 2.32. The van der Waals surface area contributed by atoms with Crippen molar-refractivity contribution in [2.45, 2.75) is 25.7 Å². The Bertz CT molecular complexity index is 120. The Balaban J connectivity index is 1.97. The summed E-state index contributed by atoms with van der Waals surface area (Å²) in [5, 5.41) is 3.50. The third-order valence-electron chi connectivity index (χ3n) is 2.99. The standard InChI is InChI=1S/C9H17NS/c1-2-6-11-8-9(3-1)4-5-10-7-9/h10H,1-8H2. The Labute approximate surface area is 73.3 Å². The molecule has 2 heteroatoms. The van der Waals surface area contributed by atoms with Crippen molar-refractivity contribution in [1.82, 2.24) is 5.32 Å². The number of nitrogens with one attached hydrogen (secondary N) is 1. The molecule has 64 valence electrons. The molecule has 11 heavy (non-hydrogen) atoms. The molecule has 1 spiro atoms. The van der Waals surface area contributed by atoms with E-state index >= 15 is 0 Å². The molecule has 0 bridgehead atoms. The molecule has 2 heterocycles. The predicted molar refractivity (Wildman–Crippen MR) is 51.1 cm³/mol. The van der Waals surface area contributed by atoms with Crippen LogP contribution in [0.1, 0.15) is 25.7 Å². The maximum absolute atomic E-state index is 3.50. The second-order valence-corrected chi connectivity index (χ2v) is 5.04. The van der Waals surface area contributed by atoms with E-state index < -0.39 is 0 Å². The van der Waals surface area contributed by atoms with Crippen LogP contribution in [0.5, 0.6) is 0 Å². The zero-order valence-corrected chi connectivity index (χ0v) is 7.88. The highest BCUT2D eigenvalue weighted by Gasteiger charge is 2.33. The van der Waals surface area contributed by atoms with Gasteiger partial charge in [-0.2, -0.15) is 11.8 Å². The van der Waals surface area contributed by atoms with E-state index in [4.69, 9.17) is 0 Å². The monoisotopic (exact) mass is 171 g/mol. The zero-order chi connectivity index (χ0) is 7.57. The molecule has 1 nitrogen and oxygen atoms in total. The molecule has 0 aromatic rings.